The number of nitrogens with zero attached hydrogens (tertiary/aromatic N) is 2. The van der Waals surface area contributed by atoms with Gasteiger partial charge in [0.25, 0.3) is 0 Å². The van der Waals surface area contributed by atoms with Gasteiger partial charge >= 0.3 is 0 Å². The first-order valence-electron chi connectivity index (χ1n) is 8.95. The van der Waals surface area contributed by atoms with Crippen molar-refractivity contribution in [2.75, 3.05) is 39.3 Å². The first-order valence-corrected chi connectivity index (χ1v) is 8.95. The van der Waals surface area contributed by atoms with E-state index < -0.39 is 0 Å². The van der Waals surface area contributed by atoms with Crippen molar-refractivity contribution in [1.29, 1.82) is 0 Å². The largest absolute Gasteiger partial charge is 0.497 e. The Morgan fingerprint density at radius 3 is 2.26 bits per heavy atom. The van der Waals surface area contributed by atoms with E-state index in [9.17, 15) is 4.79 Å². The molecule has 0 bridgehead atoms. The minimum absolute atomic E-state index is 0.0887. The minimum atomic E-state index is 0.0887. The van der Waals surface area contributed by atoms with Crippen LogP contribution in [0.25, 0.3) is 0 Å². The molecule has 0 aromatic heterocycles. The molecule has 1 heterocycles. The second-order valence-electron chi connectivity index (χ2n) is 6.63. The van der Waals surface area contributed by atoms with Crippen molar-refractivity contribution < 1.29 is 19.0 Å². The molecule has 1 atom stereocenters. The van der Waals surface area contributed by atoms with E-state index in [1.54, 1.807) is 21.3 Å². The number of benzene rings is 2. The Morgan fingerprint density at radius 2 is 1.63 bits per heavy atom. The average molecular weight is 370 g/mol. The Labute approximate surface area is 160 Å². The summed E-state index contributed by atoms with van der Waals surface area (Å²) in [6, 6.07) is 13.6. The van der Waals surface area contributed by atoms with Crippen LogP contribution in [0.2, 0.25) is 0 Å². The zero-order valence-corrected chi connectivity index (χ0v) is 16.3. The molecule has 1 fully saturated rings. The fourth-order valence-electron chi connectivity index (χ4n) is 3.32. The van der Waals surface area contributed by atoms with Crippen LogP contribution < -0.4 is 19.1 Å². The van der Waals surface area contributed by atoms with Gasteiger partial charge in [0.05, 0.1) is 27.9 Å². The van der Waals surface area contributed by atoms with Crippen molar-refractivity contribution in [3.8, 4) is 17.2 Å². The predicted molar refractivity (Wildman–Crippen MR) is 105 cm³/mol. The normalized spacial score (nSPS) is 17.7. The van der Waals surface area contributed by atoms with E-state index in [0.29, 0.717) is 19.6 Å². The molecule has 1 aliphatic rings. The first-order chi connectivity index (χ1) is 13.0. The first kappa shape index (κ1) is 19.0. The molecular formula is C21H26N2O4. The van der Waals surface area contributed by atoms with Gasteiger partial charge in [0.2, 0.25) is 5.91 Å². The number of carbonyl (C=O) groups is 1. The second kappa shape index (κ2) is 8.31. The Kier molecular flexibility index (Phi) is 5.86. The zero-order valence-electron chi connectivity index (χ0n) is 16.3. The van der Waals surface area contributed by atoms with Crippen LogP contribution in [0.4, 0.5) is 5.69 Å². The number of rotatable bonds is 6. The van der Waals surface area contributed by atoms with Gasteiger partial charge in [0.1, 0.15) is 17.2 Å². The van der Waals surface area contributed by atoms with Crippen LogP contribution in [0.1, 0.15) is 12.5 Å². The maximum atomic E-state index is 12.8. The summed E-state index contributed by atoms with van der Waals surface area (Å²) in [6.07, 6.45) is 0. The molecule has 0 N–H and O–H groups in total. The van der Waals surface area contributed by atoms with Crippen LogP contribution in [0.15, 0.2) is 42.5 Å². The number of piperazine rings is 1. The Morgan fingerprint density at radius 1 is 0.963 bits per heavy atom. The molecule has 0 radical (unpaired) electrons. The van der Waals surface area contributed by atoms with E-state index in [1.165, 1.54) is 0 Å². The summed E-state index contributed by atoms with van der Waals surface area (Å²) in [5.41, 5.74) is 1.94. The smallest absolute Gasteiger partial charge is 0.241 e. The lowest BCUT2D eigenvalue weighted by Gasteiger charge is -2.39. The molecule has 1 aliphatic heterocycles. The highest BCUT2D eigenvalue weighted by Gasteiger charge is 2.30. The van der Waals surface area contributed by atoms with Gasteiger partial charge in [0, 0.05) is 36.4 Å². The van der Waals surface area contributed by atoms with Crippen LogP contribution in [-0.2, 0) is 11.3 Å². The Hall–Kier alpha value is -2.73. The van der Waals surface area contributed by atoms with Crippen molar-refractivity contribution >= 4 is 11.6 Å². The van der Waals surface area contributed by atoms with Gasteiger partial charge in [-0.05, 0) is 37.3 Å². The number of amides is 1. The maximum Gasteiger partial charge on any atom is 0.241 e. The summed E-state index contributed by atoms with van der Waals surface area (Å²) in [5, 5.41) is 0. The molecule has 0 saturated carbocycles. The lowest BCUT2D eigenvalue weighted by molar-refractivity contribution is -0.122. The highest BCUT2D eigenvalue weighted by Crippen LogP contribution is 2.28. The highest BCUT2D eigenvalue weighted by atomic mass is 16.5. The molecule has 0 spiro atoms. The van der Waals surface area contributed by atoms with E-state index in [4.69, 9.17) is 14.2 Å². The van der Waals surface area contributed by atoms with Gasteiger partial charge in [-0.2, -0.15) is 0 Å². The second-order valence-corrected chi connectivity index (χ2v) is 6.63. The zero-order chi connectivity index (χ0) is 19.4. The van der Waals surface area contributed by atoms with Crippen LogP contribution in [0.5, 0.6) is 17.2 Å². The average Bonchev–Trinajstić information content (AvgIpc) is 2.70. The molecule has 2 aromatic carbocycles. The molecule has 6 nitrogen and oxygen atoms in total. The summed E-state index contributed by atoms with van der Waals surface area (Å²) in [5.74, 6) is 2.39. The number of ether oxygens (including phenoxy) is 3. The summed E-state index contributed by atoms with van der Waals surface area (Å²) >= 11 is 0. The number of anilines is 1. The molecule has 3 rings (SSSR count). The van der Waals surface area contributed by atoms with Gasteiger partial charge in [-0.25, -0.2) is 0 Å². The Bertz CT molecular complexity index is 791. The van der Waals surface area contributed by atoms with Gasteiger partial charge in [-0.15, -0.1) is 0 Å². The van der Waals surface area contributed by atoms with Crippen molar-refractivity contribution in [3.05, 3.63) is 48.0 Å². The molecule has 0 aliphatic carbocycles. The van der Waals surface area contributed by atoms with Gasteiger partial charge in [-0.1, -0.05) is 6.07 Å². The van der Waals surface area contributed by atoms with Crippen molar-refractivity contribution in [2.45, 2.75) is 19.5 Å². The molecule has 144 valence electrons. The minimum Gasteiger partial charge on any atom is -0.497 e. The fraction of sp³-hybridized carbons (Fsp3) is 0.381. The molecule has 6 heteroatoms. The lowest BCUT2D eigenvalue weighted by atomic mass is 10.1. The summed E-state index contributed by atoms with van der Waals surface area (Å²) in [4.78, 5) is 16.8. The third-order valence-electron chi connectivity index (χ3n) is 4.96. The van der Waals surface area contributed by atoms with Crippen molar-refractivity contribution in [3.63, 3.8) is 0 Å². The standard InChI is InChI=1S/C21H26N2O4/c1-15-12-23(17-6-9-18(25-2)10-7-17)21(24)14-22(15)13-16-5-8-19(26-3)11-20(16)27-4/h5-11,15H,12-14H2,1-4H3/t15-/m0/s1. The predicted octanol–water partition coefficient (Wildman–Crippen LogP) is 2.95. The molecule has 2 aromatic rings. The molecule has 1 amide bonds. The number of methoxy groups -OCH3 is 3. The number of hydrogen-bond donors (Lipinski definition) is 0. The van der Waals surface area contributed by atoms with E-state index in [1.807, 2.05) is 47.4 Å². The molecule has 1 saturated heterocycles. The van der Waals surface area contributed by atoms with Crippen LogP contribution in [-0.4, -0.2) is 51.3 Å². The lowest BCUT2D eigenvalue weighted by Crippen LogP contribution is -2.54. The monoisotopic (exact) mass is 370 g/mol. The maximum absolute atomic E-state index is 12.8. The molecular weight excluding hydrogens is 344 g/mol. The van der Waals surface area contributed by atoms with Crippen molar-refractivity contribution in [1.82, 2.24) is 4.90 Å². The van der Waals surface area contributed by atoms with Crippen LogP contribution >= 0.6 is 0 Å². The topological polar surface area (TPSA) is 51.2 Å². The van der Waals surface area contributed by atoms with Crippen LogP contribution in [0.3, 0.4) is 0 Å². The quantitative estimate of drug-likeness (QED) is 0.783. The van der Waals surface area contributed by atoms with Gasteiger partial charge < -0.3 is 19.1 Å². The van der Waals surface area contributed by atoms with Crippen molar-refractivity contribution in [2.24, 2.45) is 0 Å². The SMILES string of the molecule is COc1ccc(N2C[C@H](C)N(Cc3ccc(OC)cc3OC)CC2=O)cc1. The molecule has 27 heavy (non-hydrogen) atoms. The Balaban J connectivity index is 1.72. The number of hydrogen-bond acceptors (Lipinski definition) is 5. The van der Waals surface area contributed by atoms with Crippen LogP contribution in [0, 0.1) is 0 Å². The summed E-state index contributed by atoms with van der Waals surface area (Å²) < 4.78 is 15.9. The fourth-order valence-corrected chi connectivity index (χ4v) is 3.32. The van der Waals surface area contributed by atoms with E-state index in [0.717, 1.165) is 28.5 Å². The third kappa shape index (κ3) is 4.17. The summed E-state index contributed by atoms with van der Waals surface area (Å²) in [7, 11) is 4.91. The number of carbonyl (C=O) groups excluding carboxylic acids is 1. The van der Waals surface area contributed by atoms with E-state index >= 15 is 0 Å². The molecule has 0 unspecified atom stereocenters. The summed E-state index contributed by atoms with van der Waals surface area (Å²) in [6.45, 7) is 3.79. The highest BCUT2D eigenvalue weighted by molar-refractivity contribution is 5.95. The van der Waals surface area contributed by atoms with E-state index in [2.05, 4.69) is 11.8 Å². The van der Waals surface area contributed by atoms with Gasteiger partial charge in [0.15, 0.2) is 0 Å². The third-order valence-corrected chi connectivity index (χ3v) is 4.96. The van der Waals surface area contributed by atoms with Gasteiger partial charge in [-0.3, -0.25) is 9.69 Å². The van der Waals surface area contributed by atoms with E-state index in [-0.39, 0.29) is 11.9 Å².